The van der Waals surface area contributed by atoms with Crippen molar-refractivity contribution in [3.05, 3.63) is 65.5 Å². The van der Waals surface area contributed by atoms with Crippen molar-refractivity contribution in [2.45, 2.75) is 26.1 Å². The van der Waals surface area contributed by atoms with Crippen LogP contribution >= 0.6 is 0 Å². The predicted octanol–water partition coefficient (Wildman–Crippen LogP) is 3.60. The van der Waals surface area contributed by atoms with Gasteiger partial charge in [-0.05, 0) is 29.8 Å². The van der Waals surface area contributed by atoms with E-state index in [0.717, 1.165) is 17.7 Å². The van der Waals surface area contributed by atoms with Crippen molar-refractivity contribution in [3.63, 3.8) is 0 Å². The molecule has 0 unspecified atom stereocenters. The summed E-state index contributed by atoms with van der Waals surface area (Å²) >= 11 is 0. The quantitative estimate of drug-likeness (QED) is 0.571. The maximum Gasteiger partial charge on any atom is 0.416 e. The molecule has 2 heterocycles. The Labute approximate surface area is 199 Å². The number of hydrogen-bond acceptors (Lipinski definition) is 6. The molecule has 0 aliphatic carbocycles. The molecule has 0 saturated carbocycles. The number of halogens is 3. The molecular formula is C24H24F3N5O3. The number of carbonyl (C=O) groups excluding carboxylic acids is 2. The maximum atomic E-state index is 13.0. The molecule has 0 radical (unpaired) electrons. The van der Waals surface area contributed by atoms with Crippen molar-refractivity contribution in [1.82, 2.24) is 19.9 Å². The van der Waals surface area contributed by atoms with Crippen LogP contribution in [-0.2, 0) is 28.7 Å². The molecule has 8 nitrogen and oxygen atoms in total. The van der Waals surface area contributed by atoms with Gasteiger partial charge in [0.15, 0.2) is 0 Å². The highest BCUT2D eigenvalue weighted by Gasteiger charge is 2.31. The predicted molar refractivity (Wildman–Crippen MR) is 121 cm³/mol. The van der Waals surface area contributed by atoms with Crippen LogP contribution in [0.2, 0.25) is 0 Å². The minimum atomic E-state index is -4.45. The second-order valence-electron chi connectivity index (χ2n) is 8.30. The van der Waals surface area contributed by atoms with E-state index in [9.17, 15) is 22.8 Å². The highest BCUT2D eigenvalue weighted by molar-refractivity contribution is 5.88. The third-order valence-corrected chi connectivity index (χ3v) is 5.63. The lowest BCUT2D eigenvalue weighted by atomic mass is 10.1. The smallest absolute Gasteiger partial charge is 0.340 e. The monoisotopic (exact) mass is 487 g/mol. The van der Waals surface area contributed by atoms with E-state index in [0.29, 0.717) is 44.3 Å². The molecule has 0 spiro atoms. The Kier molecular flexibility index (Phi) is 7.15. The van der Waals surface area contributed by atoms with Gasteiger partial charge in [-0.3, -0.25) is 14.5 Å². The number of alkyl halides is 3. The fraction of sp³-hybridized carbons (Fsp3) is 0.333. The second kappa shape index (κ2) is 10.3. The Bertz CT molecular complexity index is 1190. The number of nitrogens with zero attached hydrogens (tertiary/aromatic N) is 4. The van der Waals surface area contributed by atoms with Crippen molar-refractivity contribution in [1.29, 1.82) is 0 Å². The van der Waals surface area contributed by atoms with Crippen LogP contribution in [0.15, 0.2) is 53.1 Å². The lowest BCUT2D eigenvalue weighted by Crippen LogP contribution is -2.48. The van der Waals surface area contributed by atoms with Crippen LogP contribution in [-0.4, -0.2) is 57.9 Å². The summed E-state index contributed by atoms with van der Waals surface area (Å²) in [7, 11) is 0. The number of piperazine rings is 1. The Morgan fingerprint density at radius 1 is 1.06 bits per heavy atom. The van der Waals surface area contributed by atoms with E-state index < -0.39 is 11.7 Å². The van der Waals surface area contributed by atoms with Gasteiger partial charge in [0, 0.05) is 44.4 Å². The van der Waals surface area contributed by atoms with Crippen molar-refractivity contribution in [2.75, 3.05) is 31.5 Å². The second-order valence-corrected chi connectivity index (χ2v) is 8.30. The third-order valence-electron chi connectivity index (χ3n) is 5.63. The maximum absolute atomic E-state index is 13.0. The minimum Gasteiger partial charge on any atom is -0.340 e. The Morgan fingerprint density at radius 3 is 2.43 bits per heavy atom. The van der Waals surface area contributed by atoms with E-state index in [2.05, 4.69) is 20.4 Å². The molecule has 1 aromatic heterocycles. The Hall–Kier alpha value is -3.73. The SMILES string of the molecule is CC(=O)Nc1ccc(CC(=O)N2CCN(Cc3nc(-c4cccc(C(F)(F)F)c4)no3)CC2)cc1. The van der Waals surface area contributed by atoms with Gasteiger partial charge < -0.3 is 14.7 Å². The van der Waals surface area contributed by atoms with E-state index in [-0.39, 0.29) is 29.6 Å². The highest BCUT2D eigenvalue weighted by Crippen LogP contribution is 2.31. The van der Waals surface area contributed by atoms with Gasteiger partial charge in [-0.1, -0.05) is 29.4 Å². The topological polar surface area (TPSA) is 91.6 Å². The molecule has 0 atom stereocenters. The summed E-state index contributed by atoms with van der Waals surface area (Å²) in [6, 6.07) is 12.0. The zero-order valence-electron chi connectivity index (χ0n) is 19.0. The van der Waals surface area contributed by atoms with Crippen molar-refractivity contribution >= 4 is 17.5 Å². The number of anilines is 1. The van der Waals surface area contributed by atoms with Crippen molar-refractivity contribution in [3.8, 4) is 11.4 Å². The number of aromatic nitrogens is 2. The van der Waals surface area contributed by atoms with Crippen LogP contribution in [0, 0.1) is 0 Å². The number of carbonyl (C=O) groups is 2. The molecule has 11 heteroatoms. The zero-order chi connectivity index (χ0) is 25.0. The van der Waals surface area contributed by atoms with Gasteiger partial charge in [0.25, 0.3) is 0 Å². The first-order chi connectivity index (χ1) is 16.7. The summed E-state index contributed by atoms with van der Waals surface area (Å²) in [5, 5.41) is 6.51. The molecule has 1 aliphatic rings. The van der Waals surface area contributed by atoms with Gasteiger partial charge >= 0.3 is 6.18 Å². The Morgan fingerprint density at radius 2 is 1.77 bits per heavy atom. The molecule has 2 amide bonds. The van der Waals surface area contributed by atoms with Gasteiger partial charge in [0.2, 0.25) is 23.5 Å². The first-order valence-corrected chi connectivity index (χ1v) is 11.0. The molecule has 184 valence electrons. The first kappa shape index (κ1) is 24.4. The van der Waals surface area contributed by atoms with Crippen LogP contribution in [0.25, 0.3) is 11.4 Å². The molecule has 3 aromatic rings. The van der Waals surface area contributed by atoms with Crippen LogP contribution in [0.4, 0.5) is 18.9 Å². The summed E-state index contributed by atoms with van der Waals surface area (Å²) in [5.41, 5.74) is 1.00. The van der Waals surface area contributed by atoms with Crippen molar-refractivity contribution in [2.24, 2.45) is 0 Å². The van der Waals surface area contributed by atoms with Crippen LogP contribution in [0.3, 0.4) is 0 Å². The van der Waals surface area contributed by atoms with E-state index in [1.807, 2.05) is 12.1 Å². The van der Waals surface area contributed by atoms with E-state index in [1.54, 1.807) is 17.0 Å². The number of hydrogen-bond donors (Lipinski definition) is 1. The average Bonchev–Trinajstić information content (AvgIpc) is 3.28. The first-order valence-electron chi connectivity index (χ1n) is 11.0. The summed E-state index contributed by atoms with van der Waals surface area (Å²) in [5.74, 6) is 0.265. The molecule has 2 aromatic carbocycles. The van der Waals surface area contributed by atoms with Gasteiger partial charge in [0.1, 0.15) is 0 Å². The summed E-state index contributed by atoms with van der Waals surface area (Å²) in [6.07, 6.45) is -4.18. The standard InChI is InChI=1S/C24H24F3N5O3/c1-16(33)28-20-7-5-17(6-8-20)13-22(34)32-11-9-31(10-12-32)15-21-29-23(30-35-21)18-3-2-4-19(14-18)24(25,26)27/h2-8,14H,9-13,15H2,1H3,(H,28,33). The lowest BCUT2D eigenvalue weighted by molar-refractivity contribution is -0.137. The molecule has 35 heavy (non-hydrogen) atoms. The van der Waals surface area contributed by atoms with Crippen LogP contribution in [0.5, 0.6) is 0 Å². The van der Waals surface area contributed by atoms with E-state index >= 15 is 0 Å². The number of benzene rings is 2. The van der Waals surface area contributed by atoms with Crippen LogP contribution in [0.1, 0.15) is 23.9 Å². The fourth-order valence-corrected chi connectivity index (χ4v) is 3.81. The molecule has 1 fully saturated rings. The number of rotatable bonds is 6. The average molecular weight is 487 g/mol. The largest absolute Gasteiger partial charge is 0.416 e. The summed E-state index contributed by atoms with van der Waals surface area (Å²) in [6.45, 7) is 4.07. The molecule has 0 bridgehead atoms. The van der Waals surface area contributed by atoms with Crippen LogP contribution < -0.4 is 5.32 Å². The third kappa shape index (κ3) is 6.44. The number of nitrogens with one attached hydrogen (secondary N) is 1. The summed E-state index contributed by atoms with van der Waals surface area (Å²) in [4.78, 5) is 31.9. The van der Waals surface area contributed by atoms with E-state index in [1.165, 1.54) is 19.1 Å². The molecule has 1 saturated heterocycles. The summed E-state index contributed by atoms with van der Waals surface area (Å²) < 4.78 is 44.1. The highest BCUT2D eigenvalue weighted by atomic mass is 19.4. The fourth-order valence-electron chi connectivity index (χ4n) is 3.81. The van der Waals surface area contributed by atoms with Gasteiger partial charge in [-0.15, -0.1) is 0 Å². The van der Waals surface area contributed by atoms with Gasteiger partial charge in [-0.25, -0.2) is 0 Å². The molecular weight excluding hydrogens is 463 g/mol. The van der Waals surface area contributed by atoms with E-state index in [4.69, 9.17) is 4.52 Å². The molecule has 1 aliphatic heterocycles. The minimum absolute atomic E-state index is 0.0153. The molecule has 1 N–H and O–H groups in total. The zero-order valence-corrected chi connectivity index (χ0v) is 19.0. The normalized spacial score (nSPS) is 14.7. The Balaban J connectivity index is 1.28. The lowest BCUT2D eigenvalue weighted by Gasteiger charge is -2.34. The van der Waals surface area contributed by atoms with Gasteiger partial charge in [0.05, 0.1) is 18.5 Å². The number of amides is 2. The van der Waals surface area contributed by atoms with Crippen molar-refractivity contribution < 1.29 is 27.3 Å². The molecule has 4 rings (SSSR count). The van der Waals surface area contributed by atoms with Gasteiger partial charge in [-0.2, -0.15) is 18.2 Å².